The number of aromatic nitrogens is 3. The summed E-state index contributed by atoms with van der Waals surface area (Å²) in [6, 6.07) is 6.89. The van der Waals surface area contributed by atoms with Crippen molar-refractivity contribution in [2.75, 3.05) is 18.4 Å². The zero-order valence-corrected chi connectivity index (χ0v) is 13.7. The second-order valence-corrected chi connectivity index (χ2v) is 6.14. The Labute approximate surface area is 140 Å². The lowest BCUT2D eigenvalue weighted by Gasteiger charge is -2.32. The number of carbonyl (C=O) groups excluding carboxylic acids is 2. The van der Waals surface area contributed by atoms with E-state index < -0.39 is 0 Å². The fourth-order valence-corrected chi connectivity index (χ4v) is 3.01. The minimum absolute atomic E-state index is 0.0167. The quantitative estimate of drug-likeness (QED) is 0.875. The lowest BCUT2D eigenvalue weighted by atomic mass is 9.98. The van der Waals surface area contributed by atoms with Crippen molar-refractivity contribution >= 4 is 17.5 Å². The topological polar surface area (TPSA) is 80.1 Å². The predicted molar refractivity (Wildman–Crippen MR) is 89.8 cm³/mol. The number of benzene rings is 1. The van der Waals surface area contributed by atoms with Gasteiger partial charge in [0.05, 0.1) is 0 Å². The van der Waals surface area contributed by atoms with Crippen LogP contribution in [0, 0.1) is 5.92 Å². The van der Waals surface area contributed by atoms with Crippen molar-refractivity contribution in [2.45, 2.75) is 26.3 Å². The first-order valence-electron chi connectivity index (χ1n) is 8.11. The molecule has 7 heteroatoms. The van der Waals surface area contributed by atoms with Gasteiger partial charge in [0.1, 0.15) is 12.7 Å². The molecule has 3 rings (SSSR count). The van der Waals surface area contributed by atoms with Gasteiger partial charge in [-0.2, -0.15) is 5.10 Å². The van der Waals surface area contributed by atoms with Gasteiger partial charge in [-0.15, -0.1) is 0 Å². The van der Waals surface area contributed by atoms with E-state index in [4.69, 9.17) is 0 Å². The second kappa shape index (κ2) is 7.25. The smallest absolute Gasteiger partial charge is 0.321 e. The van der Waals surface area contributed by atoms with Crippen LogP contribution in [0.3, 0.4) is 0 Å². The van der Waals surface area contributed by atoms with Crippen LogP contribution < -0.4 is 5.32 Å². The molecule has 0 aliphatic carbocycles. The molecule has 0 saturated carbocycles. The van der Waals surface area contributed by atoms with Gasteiger partial charge < -0.3 is 10.2 Å². The summed E-state index contributed by atoms with van der Waals surface area (Å²) in [6.45, 7) is 3.72. The first-order valence-corrected chi connectivity index (χ1v) is 8.11. The molecule has 126 valence electrons. The highest BCUT2D eigenvalue weighted by Crippen LogP contribution is 2.19. The van der Waals surface area contributed by atoms with Gasteiger partial charge in [-0.3, -0.25) is 9.48 Å². The van der Waals surface area contributed by atoms with Gasteiger partial charge in [0, 0.05) is 30.9 Å². The largest absolute Gasteiger partial charge is 0.324 e. The Hall–Kier alpha value is -2.70. The summed E-state index contributed by atoms with van der Waals surface area (Å²) in [6.07, 6.45) is 5.27. The van der Waals surface area contributed by atoms with Crippen LogP contribution in [0.4, 0.5) is 10.5 Å². The third-order valence-corrected chi connectivity index (χ3v) is 4.24. The van der Waals surface area contributed by atoms with Crippen LogP contribution in [-0.4, -0.2) is 44.6 Å². The molecule has 1 aromatic carbocycles. The highest BCUT2D eigenvalue weighted by Gasteiger charge is 2.24. The van der Waals surface area contributed by atoms with Gasteiger partial charge in [0.15, 0.2) is 5.78 Å². The van der Waals surface area contributed by atoms with Crippen LogP contribution in [0.15, 0.2) is 36.9 Å². The molecule has 0 radical (unpaired) electrons. The number of carbonyl (C=O) groups is 2. The Kier molecular flexibility index (Phi) is 4.88. The van der Waals surface area contributed by atoms with E-state index in [0.717, 1.165) is 25.9 Å². The normalized spacial score (nSPS) is 17.5. The Morgan fingerprint density at radius 2 is 2.25 bits per heavy atom. The number of piperidine rings is 1. The van der Waals surface area contributed by atoms with Gasteiger partial charge in [-0.05, 0) is 37.8 Å². The highest BCUT2D eigenvalue weighted by atomic mass is 16.2. The van der Waals surface area contributed by atoms with Gasteiger partial charge >= 0.3 is 6.03 Å². The van der Waals surface area contributed by atoms with E-state index in [1.807, 2.05) is 9.58 Å². The molecule has 1 atom stereocenters. The number of nitrogens with one attached hydrogen (secondary N) is 1. The number of ketones is 1. The Bertz CT molecular complexity index is 714. The number of nitrogens with zero attached hydrogens (tertiary/aromatic N) is 4. The number of amides is 2. The molecular formula is C17H21N5O2. The average molecular weight is 327 g/mol. The Morgan fingerprint density at radius 1 is 1.38 bits per heavy atom. The van der Waals surface area contributed by atoms with Crippen LogP contribution >= 0.6 is 0 Å². The molecule has 1 aromatic heterocycles. The first-order chi connectivity index (χ1) is 11.6. The van der Waals surface area contributed by atoms with Gasteiger partial charge in [0.2, 0.25) is 0 Å². The Balaban J connectivity index is 1.60. The van der Waals surface area contributed by atoms with E-state index in [9.17, 15) is 9.59 Å². The van der Waals surface area contributed by atoms with Gasteiger partial charge in [-0.1, -0.05) is 12.1 Å². The molecule has 0 bridgehead atoms. The summed E-state index contributed by atoms with van der Waals surface area (Å²) < 4.78 is 1.81. The van der Waals surface area contributed by atoms with Crippen molar-refractivity contribution in [2.24, 2.45) is 5.92 Å². The van der Waals surface area contributed by atoms with E-state index in [1.165, 1.54) is 13.3 Å². The molecule has 0 spiro atoms. The maximum atomic E-state index is 12.5. The van der Waals surface area contributed by atoms with E-state index >= 15 is 0 Å². The van der Waals surface area contributed by atoms with Crippen LogP contribution in [0.25, 0.3) is 0 Å². The summed E-state index contributed by atoms with van der Waals surface area (Å²) >= 11 is 0. The van der Waals surface area contributed by atoms with Crippen molar-refractivity contribution in [3.05, 3.63) is 42.5 Å². The molecule has 1 aliphatic heterocycles. The zero-order chi connectivity index (χ0) is 16.9. The number of hydrogen-bond acceptors (Lipinski definition) is 4. The third-order valence-electron chi connectivity index (χ3n) is 4.24. The standard InChI is InChI=1S/C17H21N5O2/c1-13(23)15-5-2-6-16(8-15)20-17(24)21-7-3-4-14(9-21)10-22-12-18-11-19-22/h2,5-6,8,11-12,14H,3-4,7,9-10H2,1H3,(H,20,24)/t14-/m0/s1. The predicted octanol–water partition coefficient (Wildman–Crippen LogP) is 2.42. The summed E-state index contributed by atoms with van der Waals surface area (Å²) in [5.74, 6) is 0.353. The molecule has 24 heavy (non-hydrogen) atoms. The molecule has 1 saturated heterocycles. The number of urea groups is 1. The molecule has 2 aromatic rings. The molecule has 0 unspecified atom stereocenters. The van der Waals surface area contributed by atoms with Crippen molar-refractivity contribution in [1.29, 1.82) is 0 Å². The van der Waals surface area contributed by atoms with Crippen molar-refractivity contribution in [3.8, 4) is 0 Å². The number of rotatable bonds is 4. The van der Waals surface area contributed by atoms with E-state index in [0.29, 0.717) is 23.7 Å². The van der Waals surface area contributed by atoms with Crippen LogP contribution in [-0.2, 0) is 6.54 Å². The van der Waals surface area contributed by atoms with E-state index in [1.54, 1.807) is 30.6 Å². The number of Topliss-reactive ketones (excluding diaryl/α,β-unsaturated/α-hetero) is 1. The Morgan fingerprint density at radius 3 is 3.00 bits per heavy atom. The minimum atomic E-state index is -0.126. The molecule has 2 amide bonds. The van der Waals surface area contributed by atoms with Crippen molar-refractivity contribution in [3.63, 3.8) is 0 Å². The van der Waals surface area contributed by atoms with Crippen molar-refractivity contribution in [1.82, 2.24) is 19.7 Å². The molecule has 1 fully saturated rings. The van der Waals surface area contributed by atoms with Crippen LogP contribution in [0.5, 0.6) is 0 Å². The summed E-state index contributed by atoms with van der Waals surface area (Å²) in [4.78, 5) is 29.7. The third kappa shape index (κ3) is 3.98. The van der Waals surface area contributed by atoms with E-state index in [2.05, 4.69) is 15.4 Å². The fraction of sp³-hybridized carbons (Fsp3) is 0.412. The van der Waals surface area contributed by atoms with Gasteiger partial charge in [-0.25, -0.2) is 9.78 Å². The van der Waals surface area contributed by atoms with Crippen LogP contribution in [0.1, 0.15) is 30.1 Å². The number of hydrogen-bond donors (Lipinski definition) is 1. The maximum Gasteiger partial charge on any atom is 0.321 e. The maximum absolute atomic E-state index is 12.5. The van der Waals surface area contributed by atoms with Gasteiger partial charge in [0.25, 0.3) is 0 Å². The molecule has 1 N–H and O–H groups in total. The monoisotopic (exact) mass is 327 g/mol. The summed E-state index contributed by atoms with van der Waals surface area (Å²) in [5, 5.41) is 7.02. The lowest BCUT2D eigenvalue weighted by molar-refractivity contribution is 0.101. The molecule has 1 aliphatic rings. The summed E-state index contributed by atoms with van der Waals surface area (Å²) in [5.41, 5.74) is 1.24. The second-order valence-electron chi connectivity index (χ2n) is 6.14. The average Bonchev–Trinajstić information content (AvgIpc) is 3.08. The zero-order valence-electron chi connectivity index (χ0n) is 13.7. The molecule has 7 nitrogen and oxygen atoms in total. The van der Waals surface area contributed by atoms with E-state index in [-0.39, 0.29) is 11.8 Å². The SMILES string of the molecule is CC(=O)c1cccc(NC(=O)N2CCC[C@H](Cn3cncn3)C2)c1. The minimum Gasteiger partial charge on any atom is -0.324 e. The van der Waals surface area contributed by atoms with Crippen LogP contribution in [0.2, 0.25) is 0 Å². The molecular weight excluding hydrogens is 306 g/mol. The number of anilines is 1. The van der Waals surface area contributed by atoms with Crippen molar-refractivity contribution < 1.29 is 9.59 Å². The molecule has 2 heterocycles. The first kappa shape index (κ1) is 16.2. The highest BCUT2D eigenvalue weighted by molar-refractivity contribution is 5.96. The fourth-order valence-electron chi connectivity index (χ4n) is 3.01. The lowest BCUT2D eigenvalue weighted by Crippen LogP contribution is -2.43. The number of likely N-dealkylation sites (tertiary alicyclic amines) is 1. The summed E-state index contributed by atoms with van der Waals surface area (Å²) in [7, 11) is 0.